The third-order valence-corrected chi connectivity index (χ3v) is 3.19. The van der Waals surface area contributed by atoms with Crippen LogP contribution in [0.15, 0.2) is 17.6 Å². The topological polar surface area (TPSA) is 4.93 Å². The molecule has 64 valence electrons. The molecule has 0 aliphatic heterocycles. The van der Waals surface area contributed by atoms with Crippen LogP contribution in [0.3, 0.4) is 0 Å². The lowest BCUT2D eigenvalue weighted by molar-refractivity contribution is 0.858. The van der Waals surface area contributed by atoms with E-state index in [0.717, 1.165) is 0 Å². The van der Waals surface area contributed by atoms with Crippen molar-refractivity contribution in [2.24, 2.45) is 7.05 Å². The van der Waals surface area contributed by atoms with Gasteiger partial charge in [0.1, 0.15) is 0 Å². The van der Waals surface area contributed by atoms with E-state index in [1.54, 1.807) is 0 Å². The summed E-state index contributed by atoms with van der Waals surface area (Å²) >= 11 is 1.84. The summed E-state index contributed by atoms with van der Waals surface area (Å²) in [6.45, 7) is 4.49. The molecule has 12 heavy (non-hydrogen) atoms. The smallest absolute Gasteiger partial charge is 0.0590 e. The fourth-order valence-electron chi connectivity index (χ4n) is 1.54. The molecule has 0 aliphatic carbocycles. The molecule has 0 saturated heterocycles. The Hall–Kier alpha value is -0.760. The average molecular weight is 179 g/mol. The van der Waals surface area contributed by atoms with E-state index in [1.165, 1.54) is 15.8 Å². The van der Waals surface area contributed by atoms with Crippen LogP contribution in [0.5, 0.6) is 0 Å². The van der Waals surface area contributed by atoms with E-state index in [1.807, 2.05) is 11.3 Å². The summed E-state index contributed by atoms with van der Waals surface area (Å²) in [5.74, 6) is 0.632. The summed E-state index contributed by atoms with van der Waals surface area (Å²) < 4.78 is 3.66. The van der Waals surface area contributed by atoms with Gasteiger partial charge in [-0.3, -0.25) is 0 Å². The van der Waals surface area contributed by atoms with Crippen molar-refractivity contribution < 1.29 is 0 Å². The first kappa shape index (κ1) is 7.87. The Kier molecular flexibility index (Phi) is 1.72. The van der Waals surface area contributed by atoms with Crippen molar-refractivity contribution in [3.8, 4) is 0 Å². The molecule has 0 aromatic carbocycles. The van der Waals surface area contributed by atoms with E-state index < -0.39 is 0 Å². The molecule has 0 amide bonds. The summed E-state index contributed by atoms with van der Waals surface area (Å²) in [4.78, 5) is 0. The van der Waals surface area contributed by atoms with Crippen LogP contribution in [0, 0.1) is 0 Å². The van der Waals surface area contributed by atoms with Gasteiger partial charge in [0.15, 0.2) is 0 Å². The predicted octanol–water partition coefficient (Wildman–Crippen LogP) is 3.36. The maximum atomic E-state index is 2.24. The Morgan fingerprint density at radius 2 is 2.17 bits per heavy atom. The molecule has 0 aliphatic rings. The summed E-state index contributed by atoms with van der Waals surface area (Å²) in [5, 5.41) is 2.16. The highest BCUT2D eigenvalue weighted by molar-refractivity contribution is 7.17. The molecule has 0 bridgehead atoms. The van der Waals surface area contributed by atoms with Crippen molar-refractivity contribution >= 4 is 21.6 Å². The Morgan fingerprint density at radius 3 is 2.83 bits per heavy atom. The standard InChI is InChI=1S/C10H13NS/c1-7(2)8-6-11(3)9-4-5-12-10(8)9/h4-7H,1-3H3. The quantitative estimate of drug-likeness (QED) is 0.632. The van der Waals surface area contributed by atoms with Crippen LogP contribution in [-0.2, 0) is 7.05 Å². The lowest BCUT2D eigenvalue weighted by atomic mass is 10.1. The Morgan fingerprint density at radius 1 is 1.42 bits per heavy atom. The number of hydrogen-bond acceptors (Lipinski definition) is 1. The maximum absolute atomic E-state index is 2.24. The molecule has 0 atom stereocenters. The van der Waals surface area contributed by atoms with Crippen LogP contribution in [0.25, 0.3) is 10.2 Å². The molecule has 0 fully saturated rings. The maximum Gasteiger partial charge on any atom is 0.0590 e. The van der Waals surface area contributed by atoms with Gasteiger partial charge >= 0.3 is 0 Å². The van der Waals surface area contributed by atoms with Gasteiger partial charge in [-0.25, -0.2) is 0 Å². The first-order valence-electron chi connectivity index (χ1n) is 4.22. The van der Waals surface area contributed by atoms with Gasteiger partial charge in [-0.15, -0.1) is 11.3 Å². The van der Waals surface area contributed by atoms with Gasteiger partial charge in [0.2, 0.25) is 0 Å². The number of thiophene rings is 1. The second-order valence-corrected chi connectivity index (χ2v) is 4.40. The third-order valence-electron chi connectivity index (χ3n) is 2.24. The molecule has 0 N–H and O–H groups in total. The fraction of sp³-hybridized carbons (Fsp3) is 0.400. The van der Waals surface area contributed by atoms with Gasteiger partial charge in [0.25, 0.3) is 0 Å². The van der Waals surface area contributed by atoms with Crippen LogP contribution >= 0.6 is 11.3 Å². The number of aryl methyl sites for hydroxylation is 1. The number of nitrogens with zero attached hydrogens (tertiary/aromatic N) is 1. The van der Waals surface area contributed by atoms with Crippen LogP contribution in [0.4, 0.5) is 0 Å². The molecule has 0 unspecified atom stereocenters. The summed E-state index contributed by atoms with van der Waals surface area (Å²) in [6, 6.07) is 2.19. The predicted molar refractivity (Wildman–Crippen MR) is 54.9 cm³/mol. The van der Waals surface area contributed by atoms with Crippen LogP contribution < -0.4 is 0 Å². The van der Waals surface area contributed by atoms with E-state index in [2.05, 4.69) is 43.1 Å². The normalized spacial score (nSPS) is 11.7. The molecule has 2 aromatic heterocycles. The average Bonchev–Trinajstić information content (AvgIpc) is 2.53. The Labute approximate surface area is 76.6 Å². The van der Waals surface area contributed by atoms with Gasteiger partial charge in [-0.2, -0.15) is 0 Å². The Bertz CT molecular complexity index is 395. The van der Waals surface area contributed by atoms with Crippen LogP contribution in [0.2, 0.25) is 0 Å². The van der Waals surface area contributed by atoms with Gasteiger partial charge < -0.3 is 4.57 Å². The van der Waals surface area contributed by atoms with E-state index in [4.69, 9.17) is 0 Å². The van der Waals surface area contributed by atoms with Crippen molar-refractivity contribution in [2.45, 2.75) is 19.8 Å². The number of hydrogen-bond donors (Lipinski definition) is 0. The van der Waals surface area contributed by atoms with Crippen molar-refractivity contribution in [3.05, 3.63) is 23.2 Å². The first-order chi connectivity index (χ1) is 5.70. The molecule has 2 rings (SSSR count). The summed E-state index contributed by atoms with van der Waals surface area (Å²) in [6.07, 6.45) is 2.24. The molecule has 2 heteroatoms. The second-order valence-electron chi connectivity index (χ2n) is 3.49. The molecular weight excluding hydrogens is 166 g/mol. The van der Waals surface area contributed by atoms with Gasteiger partial charge in [-0.05, 0) is 22.9 Å². The molecule has 0 radical (unpaired) electrons. The lowest BCUT2D eigenvalue weighted by Gasteiger charge is -1.98. The molecular formula is C10H13NS. The number of rotatable bonds is 1. The molecule has 2 aromatic rings. The molecule has 0 saturated carbocycles. The minimum atomic E-state index is 0.632. The zero-order valence-electron chi connectivity index (χ0n) is 7.66. The number of fused-ring (bicyclic) bond motifs is 1. The largest absolute Gasteiger partial charge is 0.350 e. The zero-order chi connectivity index (χ0) is 8.72. The lowest BCUT2D eigenvalue weighted by Crippen LogP contribution is -1.84. The molecule has 2 heterocycles. The minimum absolute atomic E-state index is 0.632. The zero-order valence-corrected chi connectivity index (χ0v) is 8.48. The number of aromatic nitrogens is 1. The minimum Gasteiger partial charge on any atom is -0.350 e. The fourth-order valence-corrected chi connectivity index (χ4v) is 2.63. The van der Waals surface area contributed by atoms with Crippen molar-refractivity contribution in [3.63, 3.8) is 0 Å². The van der Waals surface area contributed by atoms with E-state index in [9.17, 15) is 0 Å². The van der Waals surface area contributed by atoms with Gasteiger partial charge in [0, 0.05) is 13.2 Å². The Balaban J connectivity index is 2.75. The van der Waals surface area contributed by atoms with Crippen LogP contribution in [-0.4, -0.2) is 4.57 Å². The van der Waals surface area contributed by atoms with Crippen molar-refractivity contribution in [1.82, 2.24) is 4.57 Å². The van der Waals surface area contributed by atoms with Gasteiger partial charge in [0.05, 0.1) is 10.2 Å². The summed E-state index contributed by atoms with van der Waals surface area (Å²) in [5.41, 5.74) is 2.84. The highest BCUT2D eigenvalue weighted by Crippen LogP contribution is 2.30. The highest BCUT2D eigenvalue weighted by Gasteiger charge is 2.09. The highest BCUT2D eigenvalue weighted by atomic mass is 32.1. The van der Waals surface area contributed by atoms with Crippen molar-refractivity contribution in [1.29, 1.82) is 0 Å². The summed E-state index contributed by atoms with van der Waals surface area (Å²) in [7, 11) is 2.11. The molecule has 0 spiro atoms. The first-order valence-corrected chi connectivity index (χ1v) is 5.10. The van der Waals surface area contributed by atoms with Crippen molar-refractivity contribution in [2.75, 3.05) is 0 Å². The van der Waals surface area contributed by atoms with E-state index in [0.29, 0.717) is 5.92 Å². The SMILES string of the molecule is CC(C)c1cn(C)c2ccsc12. The van der Waals surface area contributed by atoms with E-state index >= 15 is 0 Å². The monoisotopic (exact) mass is 179 g/mol. The van der Waals surface area contributed by atoms with E-state index in [-0.39, 0.29) is 0 Å². The third kappa shape index (κ3) is 0.985. The van der Waals surface area contributed by atoms with Crippen LogP contribution in [0.1, 0.15) is 25.3 Å². The molecule has 1 nitrogen and oxygen atoms in total. The van der Waals surface area contributed by atoms with Gasteiger partial charge in [-0.1, -0.05) is 13.8 Å². The second kappa shape index (κ2) is 2.63.